The van der Waals surface area contributed by atoms with Crippen LogP contribution in [0.25, 0.3) is 0 Å². The van der Waals surface area contributed by atoms with Crippen LogP contribution in [0, 0.1) is 17.8 Å². The Labute approximate surface area is 97.8 Å². The second-order valence-corrected chi connectivity index (χ2v) is 5.64. The zero-order chi connectivity index (χ0) is 11.5. The molecule has 1 N–H and O–H groups in total. The minimum atomic E-state index is -0.612. The van der Waals surface area contributed by atoms with E-state index in [4.69, 9.17) is 5.11 Å². The van der Waals surface area contributed by atoms with Crippen LogP contribution in [-0.4, -0.2) is 35.6 Å². The first-order chi connectivity index (χ1) is 7.66. The normalized spacial score (nSPS) is 33.1. The van der Waals surface area contributed by atoms with Gasteiger partial charge in [-0.1, -0.05) is 26.2 Å². The summed E-state index contributed by atoms with van der Waals surface area (Å²) in [6.07, 6.45) is 6.84. The highest BCUT2D eigenvalue weighted by molar-refractivity contribution is 5.71. The molecule has 1 saturated heterocycles. The van der Waals surface area contributed by atoms with Gasteiger partial charge in [0.2, 0.25) is 0 Å². The molecule has 2 fully saturated rings. The fourth-order valence-electron chi connectivity index (χ4n) is 3.27. The molecule has 0 spiro atoms. The Hall–Kier alpha value is -0.570. The van der Waals surface area contributed by atoms with Crippen LogP contribution in [0.3, 0.4) is 0 Å². The number of hydrogen-bond donors (Lipinski definition) is 1. The van der Waals surface area contributed by atoms with Gasteiger partial charge in [0.1, 0.15) is 0 Å². The van der Waals surface area contributed by atoms with Gasteiger partial charge < -0.3 is 10.0 Å². The van der Waals surface area contributed by atoms with Crippen molar-refractivity contribution in [1.29, 1.82) is 0 Å². The summed E-state index contributed by atoms with van der Waals surface area (Å²) in [5.74, 6) is 0.400. The Morgan fingerprint density at radius 1 is 1.25 bits per heavy atom. The van der Waals surface area contributed by atoms with E-state index in [1.165, 1.54) is 32.1 Å². The summed E-state index contributed by atoms with van der Waals surface area (Å²) in [6, 6.07) is 0. The van der Waals surface area contributed by atoms with Gasteiger partial charge in [-0.05, 0) is 24.7 Å². The molecule has 1 heterocycles. The maximum Gasteiger partial charge on any atom is 0.308 e. The van der Waals surface area contributed by atoms with Gasteiger partial charge in [-0.3, -0.25) is 4.79 Å². The molecule has 0 radical (unpaired) electrons. The number of nitrogens with zero attached hydrogens (tertiary/aromatic N) is 1. The average molecular weight is 225 g/mol. The highest BCUT2D eigenvalue weighted by atomic mass is 16.4. The predicted molar refractivity (Wildman–Crippen MR) is 63.3 cm³/mol. The molecule has 2 rings (SSSR count). The van der Waals surface area contributed by atoms with E-state index in [0.717, 1.165) is 25.6 Å². The summed E-state index contributed by atoms with van der Waals surface area (Å²) in [5, 5.41) is 9.08. The van der Waals surface area contributed by atoms with E-state index >= 15 is 0 Å². The van der Waals surface area contributed by atoms with Crippen molar-refractivity contribution >= 4 is 5.97 Å². The number of likely N-dealkylation sites (tertiary alicyclic amines) is 1. The van der Waals surface area contributed by atoms with Gasteiger partial charge in [0.15, 0.2) is 0 Å². The molecular weight excluding hydrogens is 202 g/mol. The first kappa shape index (κ1) is 11.9. The summed E-state index contributed by atoms with van der Waals surface area (Å²) in [7, 11) is 0. The van der Waals surface area contributed by atoms with Crippen LogP contribution >= 0.6 is 0 Å². The Kier molecular flexibility index (Phi) is 3.85. The molecule has 0 aromatic rings. The SMILES string of the molecule is CC1CN(CC2CCCCC2)CC1C(=O)O. The molecule has 0 amide bonds. The Bertz CT molecular complexity index is 248. The van der Waals surface area contributed by atoms with Crippen LogP contribution in [0.4, 0.5) is 0 Å². The van der Waals surface area contributed by atoms with Crippen molar-refractivity contribution < 1.29 is 9.90 Å². The zero-order valence-electron chi connectivity index (χ0n) is 10.2. The highest BCUT2D eigenvalue weighted by Gasteiger charge is 2.35. The van der Waals surface area contributed by atoms with Crippen molar-refractivity contribution in [2.75, 3.05) is 19.6 Å². The van der Waals surface area contributed by atoms with E-state index in [0.29, 0.717) is 5.92 Å². The fourth-order valence-corrected chi connectivity index (χ4v) is 3.27. The summed E-state index contributed by atoms with van der Waals surface area (Å²) >= 11 is 0. The van der Waals surface area contributed by atoms with Crippen molar-refractivity contribution in [3.8, 4) is 0 Å². The molecule has 92 valence electrons. The molecule has 3 heteroatoms. The van der Waals surface area contributed by atoms with Gasteiger partial charge in [0, 0.05) is 19.6 Å². The monoisotopic (exact) mass is 225 g/mol. The molecule has 1 saturated carbocycles. The van der Waals surface area contributed by atoms with Crippen LogP contribution < -0.4 is 0 Å². The third-order valence-electron chi connectivity index (χ3n) is 4.25. The second kappa shape index (κ2) is 5.17. The molecule has 0 aromatic heterocycles. The third-order valence-corrected chi connectivity index (χ3v) is 4.25. The standard InChI is InChI=1S/C13H23NO2/c1-10-7-14(9-12(10)13(15)16)8-11-5-3-2-4-6-11/h10-12H,2-9H2,1H3,(H,15,16). The van der Waals surface area contributed by atoms with E-state index < -0.39 is 5.97 Å². The van der Waals surface area contributed by atoms with Gasteiger partial charge in [-0.15, -0.1) is 0 Å². The van der Waals surface area contributed by atoms with Gasteiger partial charge in [0.05, 0.1) is 5.92 Å². The van der Waals surface area contributed by atoms with E-state index in [1.54, 1.807) is 0 Å². The molecule has 0 aromatic carbocycles. The van der Waals surface area contributed by atoms with Crippen LogP contribution in [0.2, 0.25) is 0 Å². The topological polar surface area (TPSA) is 40.5 Å². The van der Waals surface area contributed by atoms with E-state index in [2.05, 4.69) is 11.8 Å². The smallest absolute Gasteiger partial charge is 0.308 e. The molecule has 2 unspecified atom stereocenters. The zero-order valence-corrected chi connectivity index (χ0v) is 10.2. The lowest BCUT2D eigenvalue weighted by Crippen LogP contribution is -2.29. The van der Waals surface area contributed by atoms with Crippen LogP contribution in [-0.2, 0) is 4.79 Å². The van der Waals surface area contributed by atoms with Crippen molar-refractivity contribution in [2.45, 2.75) is 39.0 Å². The Morgan fingerprint density at radius 3 is 2.50 bits per heavy atom. The number of carbonyl (C=O) groups is 1. The lowest BCUT2D eigenvalue weighted by atomic mass is 9.89. The summed E-state index contributed by atoms with van der Waals surface area (Å²) < 4.78 is 0. The minimum absolute atomic E-state index is 0.136. The first-order valence-electron chi connectivity index (χ1n) is 6.62. The van der Waals surface area contributed by atoms with E-state index in [9.17, 15) is 4.79 Å². The van der Waals surface area contributed by atoms with E-state index in [-0.39, 0.29) is 5.92 Å². The van der Waals surface area contributed by atoms with Gasteiger partial charge >= 0.3 is 5.97 Å². The predicted octanol–water partition coefficient (Wildman–Crippen LogP) is 2.22. The molecule has 3 nitrogen and oxygen atoms in total. The average Bonchev–Trinajstić information content (AvgIpc) is 2.61. The first-order valence-corrected chi connectivity index (χ1v) is 6.62. The van der Waals surface area contributed by atoms with Crippen LogP contribution in [0.5, 0.6) is 0 Å². The number of rotatable bonds is 3. The number of hydrogen-bond acceptors (Lipinski definition) is 2. The Balaban J connectivity index is 1.81. The molecule has 2 aliphatic rings. The molecule has 2 atom stereocenters. The molecule has 1 aliphatic heterocycles. The number of aliphatic carboxylic acids is 1. The minimum Gasteiger partial charge on any atom is -0.481 e. The second-order valence-electron chi connectivity index (χ2n) is 5.64. The van der Waals surface area contributed by atoms with Crippen LogP contribution in [0.1, 0.15) is 39.0 Å². The van der Waals surface area contributed by atoms with Gasteiger partial charge in [-0.25, -0.2) is 0 Å². The molecular formula is C13H23NO2. The fraction of sp³-hybridized carbons (Fsp3) is 0.923. The van der Waals surface area contributed by atoms with Gasteiger partial charge in [-0.2, -0.15) is 0 Å². The van der Waals surface area contributed by atoms with Crippen molar-refractivity contribution in [1.82, 2.24) is 4.90 Å². The lowest BCUT2D eigenvalue weighted by Gasteiger charge is -2.26. The highest BCUT2D eigenvalue weighted by Crippen LogP contribution is 2.28. The Morgan fingerprint density at radius 2 is 1.94 bits per heavy atom. The largest absolute Gasteiger partial charge is 0.481 e. The maximum absolute atomic E-state index is 11.0. The van der Waals surface area contributed by atoms with Crippen LogP contribution in [0.15, 0.2) is 0 Å². The summed E-state index contributed by atoms with van der Waals surface area (Å²) in [6.45, 7) is 4.95. The molecule has 1 aliphatic carbocycles. The number of carboxylic acid groups (broad SMARTS) is 1. The number of carboxylic acids is 1. The lowest BCUT2D eigenvalue weighted by molar-refractivity contribution is -0.142. The molecule has 0 bridgehead atoms. The third kappa shape index (κ3) is 2.76. The van der Waals surface area contributed by atoms with Crippen molar-refractivity contribution in [2.24, 2.45) is 17.8 Å². The maximum atomic E-state index is 11.0. The molecule has 16 heavy (non-hydrogen) atoms. The quantitative estimate of drug-likeness (QED) is 0.800. The summed E-state index contributed by atoms with van der Waals surface area (Å²) in [4.78, 5) is 13.4. The van der Waals surface area contributed by atoms with Gasteiger partial charge in [0.25, 0.3) is 0 Å². The summed E-state index contributed by atoms with van der Waals surface area (Å²) in [5.41, 5.74) is 0. The van der Waals surface area contributed by atoms with Crippen molar-refractivity contribution in [3.63, 3.8) is 0 Å². The van der Waals surface area contributed by atoms with E-state index in [1.807, 2.05) is 0 Å². The van der Waals surface area contributed by atoms with Crippen molar-refractivity contribution in [3.05, 3.63) is 0 Å².